The molecule has 0 saturated carbocycles. The molecule has 1 heterocycles. The summed E-state index contributed by atoms with van der Waals surface area (Å²) in [4.78, 5) is 13.4. The van der Waals surface area contributed by atoms with Crippen LogP contribution in [0.3, 0.4) is 0 Å². The second-order valence-corrected chi connectivity index (χ2v) is 5.35. The maximum absolute atomic E-state index is 11.1. The Hall–Kier alpha value is -2.29. The van der Waals surface area contributed by atoms with Crippen LogP contribution in [0.4, 0.5) is 5.69 Å². The first-order valence-electron chi connectivity index (χ1n) is 6.81. The Morgan fingerprint density at radius 2 is 2.00 bits per heavy atom. The minimum Gasteiger partial charge on any atom is -0.478 e. The Morgan fingerprint density at radius 3 is 2.70 bits per heavy atom. The summed E-state index contributed by atoms with van der Waals surface area (Å²) in [5, 5.41) is 9.09. The number of hydrogen-bond acceptors (Lipinski definition) is 2. The van der Waals surface area contributed by atoms with E-state index in [-0.39, 0.29) is 0 Å². The number of carboxylic acids is 1. The van der Waals surface area contributed by atoms with Gasteiger partial charge in [0.15, 0.2) is 0 Å². The molecule has 1 aliphatic rings. The van der Waals surface area contributed by atoms with E-state index in [0.29, 0.717) is 11.5 Å². The largest absolute Gasteiger partial charge is 0.478 e. The molecule has 0 radical (unpaired) electrons. The average molecular weight is 267 g/mol. The number of rotatable bonds is 3. The van der Waals surface area contributed by atoms with Crippen molar-refractivity contribution in [2.45, 2.75) is 19.4 Å². The Bertz CT molecular complexity index is 637. The van der Waals surface area contributed by atoms with Crippen molar-refractivity contribution < 1.29 is 9.90 Å². The van der Waals surface area contributed by atoms with Crippen LogP contribution in [0.25, 0.3) is 0 Å². The molecule has 1 aliphatic heterocycles. The van der Waals surface area contributed by atoms with Gasteiger partial charge in [0.25, 0.3) is 0 Å². The summed E-state index contributed by atoms with van der Waals surface area (Å²) < 4.78 is 0. The van der Waals surface area contributed by atoms with Crippen molar-refractivity contribution in [3.05, 3.63) is 65.2 Å². The zero-order valence-electron chi connectivity index (χ0n) is 11.4. The number of nitrogens with zero attached hydrogens (tertiary/aromatic N) is 1. The lowest BCUT2D eigenvalue weighted by Crippen LogP contribution is -2.20. The van der Waals surface area contributed by atoms with E-state index in [2.05, 4.69) is 24.0 Å². The highest BCUT2D eigenvalue weighted by atomic mass is 16.4. The van der Waals surface area contributed by atoms with Gasteiger partial charge in [0.2, 0.25) is 0 Å². The minimum atomic E-state index is -0.860. The molecular formula is C17H17NO2. The van der Waals surface area contributed by atoms with Gasteiger partial charge in [0, 0.05) is 24.7 Å². The number of fused-ring (bicyclic) bond motifs is 1. The molecule has 1 atom stereocenters. The first kappa shape index (κ1) is 12.7. The number of aromatic carboxylic acids is 1. The normalized spacial score (nSPS) is 17.1. The van der Waals surface area contributed by atoms with Crippen LogP contribution in [-0.4, -0.2) is 17.6 Å². The number of hydrogen-bond donors (Lipinski definition) is 1. The molecule has 0 fully saturated rings. The van der Waals surface area contributed by atoms with Gasteiger partial charge in [-0.1, -0.05) is 37.3 Å². The van der Waals surface area contributed by atoms with Gasteiger partial charge in [0.1, 0.15) is 0 Å². The van der Waals surface area contributed by atoms with E-state index < -0.39 is 5.97 Å². The predicted molar refractivity (Wildman–Crippen MR) is 79.3 cm³/mol. The van der Waals surface area contributed by atoms with E-state index >= 15 is 0 Å². The molecule has 0 spiro atoms. The molecule has 0 aromatic heterocycles. The second-order valence-electron chi connectivity index (χ2n) is 5.35. The summed E-state index contributed by atoms with van der Waals surface area (Å²) in [6, 6.07) is 15.8. The van der Waals surface area contributed by atoms with E-state index in [4.69, 9.17) is 5.11 Å². The van der Waals surface area contributed by atoms with Gasteiger partial charge >= 0.3 is 5.97 Å². The number of carbonyl (C=O) groups is 1. The Balaban J connectivity index is 1.90. The van der Waals surface area contributed by atoms with Crippen LogP contribution in [0.2, 0.25) is 0 Å². The third-order valence-electron chi connectivity index (χ3n) is 3.86. The third-order valence-corrected chi connectivity index (χ3v) is 3.86. The molecule has 1 unspecified atom stereocenters. The van der Waals surface area contributed by atoms with Gasteiger partial charge in [-0.3, -0.25) is 0 Å². The monoisotopic (exact) mass is 267 g/mol. The van der Waals surface area contributed by atoms with Crippen LogP contribution in [0.15, 0.2) is 48.5 Å². The molecule has 2 aromatic rings. The lowest BCUT2D eigenvalue weighted by atomic mass is 10.0. The SMILES string of the molecule is CC1CN(Cc2ccccc2)c2ccc(C(=O)O)cc21. The summed E-state index contributed by atoms with van der Waals surface area (Å²) in [6.45, 7) is 3.95. The topological polar surface area (TPSA) is 40.5 Å². The number of benzene rings is 2. The summed E-state index contributed by atoms with van der Waals surface area (Å²) in [5.41, 5.74) is 3.94. The first-order chi connectivity index (χ1) is 9.65. The van der Waals surface area contributed by atoms with E-state index in [1.807, 2.05) is 30.3 Å². The van der Waals surface area contributed by atoms with Gasteiger partial charge in [-0.05, 0) is 29.3 Å². The summed E-state index contributed by atoms with van der Waals surface area (Å²) in [6.07, 6.45) is 0. The fraction of sp³-hybridized carbons (Fsp3) is 0.235. The zero-order valence-corrected chi connectivity index (χ0v) is 11.4. The summed E-state index contributed by atoms with van der Waals surface area (Å²) >= 11 is 0. The lowest BCUT2D eigenvalue weighted by molar-refractivity contribution is 0.0697. The van der Waals surface area contributed by atoms with Crippen LogP contribution in [0.5, 0.6) is 0 Å². The molecule has 20 heavy (non-hydrogen) atoms. The summed E-state index contributed by atoms with van der Waals surface area (Å²) in [7, 11) is 0. The van der Waals surface area contributed by atoms with Gasteiger partial charge in [0.05, 0.1) is 5.56 Å². The van der Waals surface area contributed by atoms with E-state index in [9.17, 15) is 4.79 Å². The Kier molecular flexibility index (Phi) is 3.18. The van der Waals surface area contributed by atoms with Crippen molar-refractivity contribution in [1.82, 2.24) is 0 Å². The van der Waals surface area contributed by atoms with Crippen molar-refractivity contribution in [2.75, 3.05) is 11.4 Å². The molecule has 0 aliphatic carbocycles. The van der Waals surface area contributed by atoms with Crippen molar-refractivity contribution in [1.29, 1.82) is 0 Å². The molecule has 0 saturated heterocycles. The summed E-state index contributed by atoms with van der Waals surface area (Å²) in [5.74, 6) is -0.491. The molecule has 3 rings (SSSR count). The second kappa shape index (κ2) is 5.00. The highest BCUT2D eigenvalue weighted by Gasteiger charge is 2.26. The fourth-order valence-electron chi connectivity index (χ4n) is 2.85. The van der Waals surface area contributed by atoms with Gasteiger partial charge in [-0.25, -0.2) is 4.79 Å². The van der Waals surface area contributed by atoms with Crippen molar-refractivity contribution in [3.8, 4) is 0 Å². The Morgan fingerprint density at radius 1 is 1.25 bits per heavy atom. The van der Waals surface area contributed by atoms with Gasteiger partial charge in [-0.15, -0.1) is 0 Å². The maximum atomic E-state index is 11.1. The van der Waals surface area contributed by atoms with E-state index in [0.717, 1.165) is 24.3 Å². The number of anilines is 1. The molecular weight excluding hydrogens is 250 g/mol. The Labute approximate surface area is 118 Å². The van der Waals surface area contributed by atoms with Crippen LogP contribution in [0, 0.1) is 0 Å². The smallest absolute Gasteiger partial charge is 0.335 e. The van der Waals surface area contributed by atoms with Crippen LogP contribution >= 0.6 is 0 Å². The van der Waals surface area contributed by atoms with Crippen LogP contribution in [-0.2, 0) is 6.54 Å². The quantitative estimate of drug-likeness (QED) is 0.925. The fourth-order valence-corrected chi connectivity index (χ4v) is 2.85. The van der Waals surface area contributed by atoms with Crippen LogP contribution in [0.1, 0.15) is 34.3 Å². The van der Waals surface area contributed by atoms with Gasteiger partial charge < -0.3 is 10.0 Å². The molecule has 0 amide bonds. The van der Waals surface area contributed by atoms with Crippen LogP contribution < -0.4 is 4.90 Å². The molecule has 0 bridgehead atoms. The van der Waals surface area contributed by atoms with E-state index in [1.54, 1.807) is 6.07 Å². The molecule has 2 aromatic carbocycles. The highest BCUT2D eigenvalue weighted by molar-refractivity contribution is 5.89. The zero-order chi connectivity index (χ0) is 14.1. The lowest BCUT2D eigenvalue weighted by Gasteiger charge is -2.19. The maximum Gasteiger partial charge on any atom is 0.335 e. The third kappa shape index (κ3) is 2.27. The standard InChI is InChI=1S/C17H17NO2/c1-12-10-18(11-13-5-3-2-4-6-13)16-8-7-14(17(19)20)9-15(12)16/h2-9,12H,10-11H2,1H3,(H,19,20). The number of carboxylic acid groups (broad SMARTS) is 1. The average Bonchev–Trinajstić information content (AvgIpc) is 2.76. The van der Waals surface area contributed by atoms with Crippen molar-refractivity contribution in [2.24, 2.45) is 0 Å². The van der Waals surface area contributed by atoms with Gasteiger partial charge in [-0.2, -0.15) is 0 Å². The molecule has 3 nitrogen and oxygen atoms in total. The molecule has 3 heteroatoms. The van der Waals surface area contributed by atoms with E-state index in [1.165, 1.54) is 5.56 Å². The van der Waals surface area contributed by atoms with Crippen molar-refractivity contribution >= 4 is 11.7 Å². The molecule has 1 N–H and O–H groups in total. The van der Waals surface area contributed by atoms with Crippen molar-refractivity contribution in [3.63, 3.8) is 0 Å². The highest BCUT2D eigenvalue weighted by Crippen LogP contribution is 2.37. The predicted octanol–water partition coefficient (Wildman–Crippen LogP) is 3.51. The molecule has 102 valence electrons. The minimum absolute atomic E-state index is 0.369. The first-order valence-corrected chi connectivity index (χ1v) is 6.81.